The standard InChI is InChI=1S/C21H27N3O7S2/c1-6-19(21(25)22-15(3)16-8-11-18(12-9-16)32(4,28)29)23(33(5,30)31)20-13-17(24(26)27)10-7-14(20)2/h7-13,15,19H,6H2,1-5H3,(H,22,25)/t15-,19-/m1/s1. The molecule has 0 unspecified atom stereocenters. The average molecular weight is 498 g/mol. The maximum absolute atomic E-state index is 13.1. The molecule has 0 radical (unpaired) electrons. The van der Waals surface area contributed by atoms with Gasteiger partial charge in [0, 0.05) is 18.4 Å². The van der Waals surface area contributed by atoms with Crippen molar-refractivity contribution < 1.29 is 26.6 Å². The van der Waals surface area contributed by atoms with E-state index >= 15 is 0 Å². The predicted molar refractivity (Wildman–Crippen MR) is 125 cm³/mol. The van der Waals surface area contributed by atoms with Gasteiger partial charge in [0.1, 0.15) is 6.04 Å². The van der Waals surface area contributed by atoms with Crippen LogP contribution in [-0.4, -0.2) is 46.2 Å². The van der Waals surface area contributed by atoms with Crippen LogP contribution in [0.15, 0.2) is 47.4 Å². The van der Waals surface area contributed by atoms with E-state index < -0.39 is 42.8 Å². The number of nitrogens with one attached hydrogen (secondary N) is 1. The minimum absolute atomic E-state index is 0.0545. The molecule has 0 spiro atoms. The van der Waals surface area contributed by atoms with E-state index in [1.807, 2.05) is 0 Å². The van der Waals surface area contributed by atoms with E-state index in [9.17, 15) is 31.7 Å². The third-order valence-electron chi connectivity index (χ3n) is 5.14. The number of nitro groups is 1. The Hall–Kier alpha value is -2.99. The summed E-state index contributed by atoms with van der Waals surface area (Å²) in [5.74, 6) is -0.589. The summed E-state index contributed by atoms with van der Waals surface area (Å²) in [7, 11) is -7.34. The summed E-state index contributed by atoms with van der Waals surface area (Å²) in [6, 6.07) is 8.14. The van der Waals surface area contributed by atoms with Crippen molar-refractivity contribution in [1.82, 2.24) is 5.32 Å². The molecule has 33 heavy (non-hydrogen) atoms. The Balaban J connectivity index is 2.40. The van der Waals surface area contributed by atoms with Gasteiger partial charge in [-0.1, -0.05) is 25.1 Å². The van der Waals surface area contributed by atoms with Crippen molar-refractivity contribution in [2.24, 2.45) is 0 Å². The number of hydrogen-bond acceptors (Lipinski definition) is 7. The largest absolute Gasteiger partial charge is 0.348 e. The molecule has 0 bridgehead atoms. The summed E-state index contributed by atoms with van der Waals surface area (Å²) in [6.07, 6.45) is 2.14. The van der Waals surface area contributed by atoms with E-state index in [4.69, 9.17) is 0 Å². The SMILES string of the molecule is CC[C@H](C(=O)N[C@H](C)c1ccc(S(C)(=O)=O)cc1)N(c1cc([N+](=O)[O-])ccc1C)S(C)(=O)=O. The second kappa shape index (κ2) is 9.87. The Kier molecular flexibility index (Phi) is 7.86. The second-order valence-electron chi connectivity index (χ2n) is 7.78. The highest BCUT2D eigenvalue weighted by molar-refractivity contribution is 7.92. The van der Waals surface area contributed by atoms with Crippen LogP contribution in [0.2, 0.25) is 0 Å². The average Bonchev–Trinajstić information content (AvgIpc) is 2.70. The minimum atomic E-state index is -3.98. The van der Waals surface area contributed by atoms with Gasteiger partial charge in [-0.3, -0.25) is 19.2 Å². The van der Waals surface area contributed by atoms with Gasteiger partial charge in [0.2, 0.25) is 15.9 Å². The number of carbonyl (C=O) groups excluding carboxylic acids is 1. The number of sulfonamides is 1. The molecule has 0 aliphatic heterocycles. The highest BCUT2D eigenvalue weighted by atomic mass is 32.2. The third kappa shape index (κ3) is 6.29. The number of aryl methyl sites for hydroxylation is 1. The molecule has 2 aromatic rings. The number of rotatable bonds is 9. The normalized spacial score (nSPS) is 13.7. The van der Waals surface area contributed by atoms with Gasteiger partial charge in [-0.05, 0) is 43.5 Å². The van der Waals surface area contributed by atoms with Crippen LogP contribution in [-0.2, 0) is 24.7 Å². The maximum atomic E-state index is 13.1. The smallest absolute Gasteiger partial charge is 0.271 e. The molecule has 10 nitrogen and oxygen atoms in total. The van der Waals surface area contributed by atoms with E-state index in [-0.39, 0.29) is 22.7 Å². The third-order valence-corrected chi connectivity index (χ3v) is 7.43. The lowest BCUT2D eigenvalue weighted by Gasteiger charge is -2.32. The first-order valence-corrected chi connectivity index (χ1v) is 13.8. The van der Waals surface area contributed by atoms with Crippen molar-refractivity contribution in [3.8, 4) is 0 Å². The lowest BCUT2D eigenvalue weighted by molar-refractivity contribution is -0.384. The minimum Gasteiger partial charge on any atom is -0.348 e. The summed E-state index contributed by atoms with van der Waals surface area (Å²) in [6.45, 7) is 4.93. The Bertz CT molecular complexity index is 1260. The molecule has 2 rings (SSSR count). The van der Waals surface area contributed by atoms with Gasteiger partial charge in [0.15, 0.2) is 9.84 Å². The van der Waals surface area contributed by atoms with Crippen LogP contribution < -0.4 is 9.62 Å². The highest BCUT2D eigenvalue weighted by Crippen LogP contribution is 2.30. The van der Waals surface area contributed by atoms with Gasteiger partial charge >= 0.3 is 0 Å². The van der Waals surface area contributed by atoms with E-state index in [2.05, 4.69) is 5.32 Å². The lowest BCUT2D eigenvalue weighted by atomic mass is 10.1. The summed E-state index contributed by atoms with van der Waals surface area (Å²) in [5, 5.41) is 14.0. The summed E-state index contributed by atoms with van der Waals surface area (Å²) in [4.78, 5) is 23.9. The number of non-ortho nitro benzene ring substituents is 1. The van der Waals surface area contributed by atoms with Crippen LogP contribution in [0.4, 0.5) is 11.4 Å². The zero-order valence-corrected chi connectivity index (χ0v) is 20.6. The molecule has 180 valence electrons. The van der Waals surface area contributed by atoms with Crippen LogP contribution in [0, 0.1) is 17.0 Å². The van der Waals surface area contributed by atoms with E-state index in [0.29, 0.717) is 11.1 Å². The molecule has 0 saturated carbocycles. The quantitative estimate of drug-likeness (QED) is 0.414. The molecule has 0 aliphatic carbocycles. The highest BCUT2D eigenvalue weighted by Gasteiger charge is 2.34. The van der Waals surface area contributed by atoms with Crippen molar-refractivity contribution in [3.05, 3.63) is 63.7 Å². The number of amides is 1. The lowest BCUT2D eigenvalue weighted by Crippen LogP contribution is -2.50. The molecule has 0 aromatic heterocycles. The number of carbonyl (C=O) groups is 1. The Morgan fingerprint density at radius 2 is 1.67 bits per heavy atom. The van der Waals surface area contributed by atoms with Crippen LogP contribution in [0.25, 0.3) is 0 Å². The fourth-order valence-electron chi connectivity index (χ4n) is 3.38. The first-order chi connectivity index (χ1) is 15.2. The van der Waals surface area contributed by atoms with Gasteiger partial charge in [-0.25, -0.2) is 16.8 Å². The summed E-state index contributed by atoms with van der Waals surface area (Å²) in [5.41, 5.74) is 0.849. The first-order valence-electron chi connectivity index (χ1n) is 10.0. The molecular weight excluding hydrogens is 470 g/mol. The predicted octanol–water partition coefficient (Wildman–Crippen LogP) is 2.73. The maximum Gasteiger partial charge on any atom is 0.271 e. The molecule has 0 heterocycles. The molecule has 0 saturated heterocycles. The molecule has 0 fully saturated rings. The number of nitro benzene ring substituents is 1. The van der Waals surface area contributed by atoms with Crippen LogP contribution in [0.3, 0.4) is 0 Å². The van der Waals surface area contributed by atoms with Crippen LogP contribution >= 0.6 is 0 Å². The number of anilines is 1. The monoisotopic (exact) mass is 497 g/mol. The van der Waals surface area contributed by atoms with Gasteiger partial charge in [0.25, 0.3) is 5.69 Å². The Labute approximate surface area is 193 Å². The fourth-order valence-corrected chi connectivity index (χ4v) is 5.27. The van der Waals surface area contributed by atoms with E-state index in [0.717, 1.165) is 22.9 Å². The molecule has 12 heteroatoms. The van der Waals surface area contributed by atoms with Gasteiger partial charge in [-0.2, -0.15) is 0 Å². The Morgan fingerprint density at radius 3 is 2.12 bits per heavy atom. The van der Waals surface area contributed by atoms with Crippen molar-refractivity contribution in [2.45, 2.75) is 44.2 Å². The van der Waals surface area contributed by atoms with Crippen molar-refractivity contribution in [2.75, 3.05) is 16.8 Å². The molecule has 1 amide bonds. The number of sulfone groups is 1. The molecule has 1 N–H and O–H groups in total. The topological polar surface area (TPSA) is 144 Å². The zero-order chi connectivity index (χ0) is 25.1. The van der Waals surface area contributed by atoms with Crippen molar-refractivity contribution in [3.63, 3.8) is 0 Å². The van der Waals surface area contributed by atoms with Gasteiger partial charge in [-0.15, -0.1) is 0 Å². The van der Waals surface area contributed by atoms with Crippen LogP contribution in [0.5, 0.6) is 0 Å². The van der Waals surface area contributed by atoms with E-state index in [1.54, 1.807) is 32.9 Å². The second-order valence-corrected chi connectivity index (χ2v) is 11.7. The van der Waals surface area contributed by atoms with E-state index in [1.165, 1.54) is 24.3 Å². The molecule has 2 aromatic carbocycles. The van der Waals surface area contributed by atoms with Crippen LogP contribution in [0.1, 0.15) is 37.4 Å². The summed E-state index contributed by atoms with van der Waals surface area (Å²) >= 11 is 0. The van der Waals surface area contributed by atoms with Crippen molar-refractivity contribution in [1.29, 1.82) is 0 Å². The first kappa shape index (κ1) is 26.3. The fraction of sp³-hybridized carbons (Fsp3) is 0.381. The zero-order valence-electron chi connectivity index (χ0n) is 19.0. The molecule has 0 aliphatic rings. The molecular formula is C21H27N3O7S2. The van der Waals surface area contributed by atoms with Gasteiger partial charge < -0.3 is 5.32 Å². The number of nitrogens with zero attached hydrogens (tertiary/aromatic N) is 2. The number of hydrogen-bond donors (Lipinski definition) is 1. The number of benzene rings is 2. The van der Waals surface area contributed by atoms with Crippen molar-refractivity contribution >= 4 is 37.1 Å². The van der Waals surface area contributed by atoms with Gasteiger partial charge in [0.05, 0.1) is 27.8 Å². The molecule has 2 atom stereocenters. The Morgan fingerprint density at radius 1 is 1.09 bits per heavy atom. The summed E-state index contributed by atoms with van der Waals surface area (Å²) < 4.78 is 49.5.